The smallest absolute Gasteiger partial charge is 0.264 e. The molecule has 0 atom stereocenters. The monoisotopic (exact) mass is 397 g/mol. The lowest BCUT2D eigenvalue weighted by atomic mass is 10.1. The van der Waals surface area contributed by atoms with Crippen molar-refractivity contribution in [1.82, 2.24) is 24.2 Å². The van der Waals surface area contributed by atoms with E-state index >= 15 is 0 Å². The van der Waals surface area contributed by atoms with Gasteiger partial charge in [-0.15, -0.1) is 0 Å². The molecule has 1 aliphatic heterocycles. The Balaban J connectivity index is 1.39. The maximum Gasteiger partial charge on any atom is 0.264 e. The van der Waals surface area contributed by atoms with Gasteiger partial charge in [0.2, 0.25) is 0 Å². The summed E-state index contributed by atoms with van der Waals surface area (Å²) in [5.74, 6) is 0.861. The first-order valence-corrected chi connectivity index (χ1v) is 10.5. The van der Waals surface area contributed by atoms with Gasteiger partial charge in [0.25, 0.3) is 5.56 Å². The Morgan fingerprint density at radius 3 is 2.68 bits per heavy atom. The third-order valence-electron chi connectivity index (χ3n) is 6.10. The van der Waals surface area contributed by atoms with E-state index in [9.17, 15) is 4.79 Å². The third-order valence-corrected chi connectivity index (χ3v) is 6.35. The van der Waals surface area contributed by atoms with Gasteiger partial charge in [-0.2, -0.15) is 5.10 Å². The van der Waals surface area contributed by atoms with Gasteiger partial charge in [0.1, 0.15) is 11.2 Å². The fourth-order valence-corrected chi connectivity index (χ4v) is 4.61. The van der Waals surface area contributed by atoms with Crippen LogP contribution >= 0.6 is 11.6 Å². The highest BCUT2D eigenvalue weighted by Crippen LogP contribution is 2.30. The Morgan fingerprint density at radius 1 is 1.11 bits per heavy atom. The Labute approximate surface area is 168 Å². The highest BCUT2D eigenvalue weighted by Gasteiger charge is 2.25. The van der Waals surface area contributed by atoms with Crippen LogP contribution in [-0.2, 0) is 19.5 Å². The minimum absolute atomic E-state index is 0.0570. The van der Waals surface area contributed by atoms with Crippen LogP contribution in [0.5, 0.6) is 0 Å². The Morgan fingerprint density at radius 2 is 1.89 bits per heavy atom. The van der Waals surface area contributed by atoms with Crippen LogP contribution in [0, 0.1) is 0 Å². The summed E-state index contributed by atoms with van der Waals surface area (Å²) >= 11 is 5.97. The lowest BCUT2D eigenvalue weighted by molar-refractivity contribution is 0.215. The summed E-state index contributed by atoms with van der Waals surface area (Å²) in [5.41, 5.74) is 2.10. The van der Waals surface area contributed by atoms with E-state index in [0.717, 1.165) is 48.8 Å². The zero-order valence-electron chi connectivity index (χ0n) is 15.9. The van der Waals surface area contributed by atoms with Crippen LogP contribution in [0.25, 0.3) is 11.0 Å². The predicted molar refractivity (Wildman–Crippen MR) is 110 cm³/mol. The van der Waals surface area contributed by atoms with Crippen molar-refractivity contribution >= 4 is 22.6 Å². The first-order chi connectivity index (χ1) is 13.7. The van der Waals surface area contributed by atoms with E-state index in [0.29, 0.717) is 24.5 Å². The number of rotatable bonds is 4. The quantitative estimate of drug-likeness (QED) is 0.676. The molecule has 0 bridgehead atoms. The summed E-state index contributed by atoms with van der Waals surface area (Å²) in [6.07, 6.45) is 7.39. The first kappa shape index (κ1) is 17.9. The number of aromatic nitrogens is 4. The molecule has 1 aliphatic carbocycles. The number of halogens is 1. The highest BCUT2D eigenvalue weighted by atomic mass is 35.5. The molecule has 2 aliphatic rings. The maximum atomic E-state index is 13.0. The molecule has 6 nitrogen and oxygen atoms in total. The van der Waals surface area contributed by atoms with Crippen LogP contribution in [0.15, 0.2) is 35.3 Å². The summed E-state index contributed by atoms with van der Waals surface area (Å²) in [7, 11) is 0. The summed E-state index contributed by atoms with van der Waals surface area (Å²) in [6, 6.07) is 8.41. The Hall–Kier alpha value is -2.18. The van der Waals surface area contributed by atoms with Crippen LogP contribution in [-0.4, -0.2) is 37.3 Å². The van der Waals surface area contributed by atoms with Crippen molar-refractivity contribution in [3.8, 4) is 0 Å². The molecule has 1 saturated carbocycles. The minimum Gasteiger partial charge on any atom is -0.294 e. The van der Waals surface area contributed by atoms with E-state index in [1.165, 1.54) is 18.4 Å². The molecule has 0 amide bonds. The Kier molecular flexibility index (Phi) is 4.69. The second-order valence-electron chi connectivity index (χ2n) is 7.90. The summed E-state index contributed by atoms with van der Waals surface area (Å²) in [6.45, 7) is 3.20. The maximum absolute atomic E-state index is 13.0. The number of benzene rings is 1. The molecule has 0 radical (unpaired) electrons. The predicted octanol–water partition coefficient (Wildman–Crippen LogP) is 3.42. The standard InChI is InChI=1S/C21H24ClN5O/c22-16-7-5-15(6-8-16)9-10-25-11-12-26-19(14-25)24-20-18(21(26)28)13-23-27(20)17-3-1-2-4-17/h5-8,13,17H,1-4,9-12,14H2. The number of fused-ring (bicyclic) bond motifs is 2. The van der Waals surface area contributed by atoms with Crippen molar-refractivity contribution in [2.75, 3.05) is 13.1 Å². The van der Waals surface area contributed by atoms with Crippen molar-refractivity contribution in [3.63, 3.8) is 0 Å². The van der Waals surface area contributed by atoms with Gasteiger partial charge in [0.15, 0.2) is 5.65 Å². The highest BCUT2D eigenvalue weighted by molar-refractivity contribution is 6.30. The van der Waals surface area contributed by atoms with Gasteiger partial charge in [0, 0.05) is 24.7 Å². The van der Waals surface area contributed by atoms with Gasteiger partial charge in [0.05, 0.1) is 18.8 Å². The van der Waals surface area contributed by atoms with E-state index in [1.54, 1.807) is 6.20 Å². The van der Waals surface area contributed by atoms with E-state index in [4.69, 9.17) is 16.6 Å². The molecule has 0 spiro atoms. The molecule has 3 heterocycles. The number of hydrogen-bond acceptors (Lipinski definition) is 4. The molecule has 0 N–H and O–H groups in total. The minimum atomic E-state index is 0.0570. The lowest BCUT2D eigenvalue weighted by Gasteiger charge is -2.29. The second kappa shape index (κ2) is 7.33. The average molecular weight is 398 g/mol. The van der Waals surface area contributed by atoms with Crippen LogP contribution in [0.3, 0.4) is 0 Å². The first-order valence-electron chi connectivity index (χ1n) is 10.1. The van der Waals surface area contributed by atoms with E-state index in [-0.39, 0.29) is 5.56 Å². The molecule has 1 aromatic carbocycles. The zero-order valence-corrected chi connectivity index (χ0v) is 16.6. The second-order valence-corrected chi connectivity index (χ2v) is 8.34. The SMILES string of the molecule is O=c1c2cnn(C3CCCC3)c2nc2n1CCN(CCc1ccc(Cl)cc1)C2. The fraction of sp³-hybridized carbons (Fsp3) is 0.476. The van der Waals surface area contributed by atoms with Gasteiger partial charge in [-0.1, -0.05) is 36.6 Å². The molecule has 1 fully saturated rings. The molecular formula is C21H24ClN5O. The van der Waals surface area contributed by atoms with Crippen LogP contribution in [0.4, 0.5) is 0 Å². The van der Waals surface area contributed by atoms with Gasteiger partial charge < -0.3 is 0 Å². The third kappa shape index (κ3) is 3.25. The van der Waals surface area contributed by atoms with Crippen LogP contribution in [0.2, 0.25) is 5.02 Å². The van der Waals surface area contributed by atoms with Crippen molar-refractivity contribution < 1.29 is 0 Å². The molecular weight excluding hydrogens is 374 g/mol. The molecule has 146 valence electrons. The molecule has 3 aromatic rings. The summed E-state index contributed by atoms with van der Waals surface area (Å²) in [5, 5.41) is 5.95. The molecule has 0 unspecified atom stereocenters. The number of hydrogen-bond donors (Lipinski definition) is 0. The molecule has 7 heteroatoms. The van der Waals surface area contributed by atoms with Crippen LogP contribution in [0.1, 0.15) is 43.1 Å². The zero-order chi connectivity index (χ0) is 19.1. The van der Waals surface area contributed by atoms with Gasteiger partial charge >= 0.3 is 0 Å². The normalized spacial score (nSPS) is 18.0. The van der Waals surface area contributed by atoms with Gasteiger partial charge in [-0.25, -0.2) is 9.67 Å². The van der Waals surface area contributed by atoms with E-state index in [1.807, 2.05) is 21.4 Å². The van der Waals surface area contributed by atoms with E-state index < -0.39 is 0 Å². The average Bonchev–Trinajstić information content (AvgIpc) is 3.37. The summed E-state index contributed by atoms with van der Waals surface area (Å²) in [4.78, 5) is 20.2. The molecule has 0 saturated heterocycles. The molecule has 2 aromatic heterocycles. The lowest BCUT2D eigenvalue weighted by Crippen LogP contribution is -2.40. The van der Waals surface area contributed by atoms with Gasteiger partial charge in [-0.05, 0) is 37.0 Å². The summed E-state index contributed by atoms with van der Waals surface area (Å²) < 4.78 is 3.83. The fourth-order valence-electron chi connectivity index (χ4n) is 4.48. The molecule has 5 rings (SSSR count). The number of nitrogens with zero attached hydrogens (tertiary/aromatic N) is 5. The van der Waals surface area contributed by atoms with Crippen molar-refractivity contribution in [2.24, 2.45) is 0 Å². The molecule has 28 heavy (non-hydrogen) atoms. The Bertz CT molecular complexity index is 1050. The van der Waals surface area contributed by atoms with E-state index in [2.05, 4.69) is 22.1 Å². The topological polar surface area (TPSA) is 56.0 Å². The van der Waals surface area contributed by atoms with Crippen molar-refractivity contribution in [1.29, 1.82) is 0 Å². The van der Waals surface area contributed by atoms with Gasteiger partial charge in [-0.3, -0.25) is 14.3 Å². The van der Waals surface area contributed by atoms with Crippen molar-refractivity contribution in [3.05, 3.63) is 57.2 Å². The van der Waals surface area contributed by atoms with Crippen LogP contribution < -0.4 is 5.56 Å². The largest absolute Gasteiger partial charge is 0.294 e. The van der Waals surface area contributed by atoms with Crippen molar-refractivity contribution in [2.45, 2.75) is 51.2 Å².